The summed E-state index contributed by atoms with van der Waals surface area (Å²) in [6.07, 6.45) is 0. The lowest BCUT2D eigenvalue weighted by molar-refractivity contribution is 0.0948. The first-order valence-corrected chi connectivity index (χ1v) is 9.52. The number of carbonyl (C=O) groups excluding carboxylic acids is 5. The summed E-state index contributed by atoms with van der Waals surface area (Å²) in [6, 6.07) is 9.79. The average Bonchev–Trinajstić information content (AvgIpc) is 2.60. The standard InChI is InChI=1S/C16H16O5S.C6H6S/c1-6(17)11-12(7(2)18)14(9(4)20)16(22)15(10(5)21)13(11)8(3)19;7-6-4-2-1-3-5-6/h22H,1-5H3;1-5,7H. The van der Waals surface area contributed by atoms with Gasteiger partial charge in [-0.25, -0.2) is 0 Å². The monoisotopic (exact) mass is 430 g/mol. The van der Waals surface area contributed by atoms with E-state index in [1.54, 1.807) is 0 Å². The van der Waals surface area contributed by atoms with Crippen molar-refractivity contribution in [2.45, 2.75) is 44.4 Å². The SMILES string of the molecule is CC(=O)c1c(S)c(C(C)=O)c(C(C)=O)c(C(C)=O)c1C(C)=O.Sc1ccccc1. The van der Waals surface area contributed by atoms with Gasteiger partial charge in [0, 0.05) is 37.6 Å². The predicted molar refractivity (Wildman–Crippen MR) is 117 cm³/mol. The van der Waals surface area contributed by atoms with Gasteiger partial charge in [0.25, 0.3) is 0 Å². The van der Waals surface area contributed by atoms with Crippen LogP contribution in [0.25, 0.3) is 0 Å². The van der Waals surface area contributed by atoms with Crippen molar-refractivity contribution in [3.63, 3.8) is 0 Å². The van der Waals surface area contributed by atoms with Gasteiger partial charge in [-0.3, -0.25) is 24.0 Å². The third kappa shape index (κ3) is 5.74. The van der Waals surface area contributed by atoms with Crippen LogP contribution in [0.5, 0.6) is 0 Å². The molecule has 0 aliphatic heterocycles. The fourth-order valence-corrected chi connectivity index (χ4v) is 3.62. The van der Waals surface area contributed by atoms with Gasteiger partial charge in [0.2, 0.25) is 0 Å². The molecular weight excluding hydrogens is 408 g/mol. The third-order valence-corrected chi connectivity index (χ3v) is 4.74. The van der Waals surface area contributed by atoms with Crippen LogP contribution in [0.15, 0.2) is 40.1 Å². The first-order valence-electron chi connectivity index (χ1n) is 8.63. The number of Topliss-reactive ketones (excluding diaryl/α,β-unsaturated/α-hetero) is 5. The van der Waals surface area contributed by atoms with Gasteiger partial charge in [0.05, 0.1) is 0 Å². The van der Waals surface area contributed by atoms with Crippen molar-refractivity contribution >= 4 is 54.2 Å². The van der Waals surface area contributed by atoms with Gasteiger partial charge >= 0.3 is 0 Å². The first-order chi connectivity index (χ1) is 13.4. The summed E-state index contributed by atoms with van der Waals surface area (Å²) < 4.78 is 0. The molecule has 0 unspecified atom stereocenters. The third-order valence-electron chi connectivity index (χ3n) is 3.99. The maximum atomic E-state index is 12.0. The minimum absolute atomic E-state index is 0.0413. The molecule has 0 aliphatic carbocycles. The summed E-state index contributed by atoms with van der Waals surface area (Å²) >= 11 is 8.26. The maximum absolute atomic E-state index is 12.0. The zero-order valence-electron chi connectivity index (χ0n) is 16.8. The molecule has 2 aromatic rings. The van der Waals surface area contributed by atoms with Crippen molar-refractivity contribution in [3.8, 4) is 0 Å². The first kappa shape index (κ1) is 24.5. The van der Waals surface area contributed by atoms with E-state index in [0.29, 0.717) is 0 Å². The normalized spacial score (nSPS) is 9.90. The van der Waals surface area contributed by atoms with Crippen LogP contribution in [0.2, 0.25) is 0 Å². The fraction of sp³-hybridized carbons (Fsp3) is 0.227. The summed E-state index contributed by atoms with van der Waals surface area (Å²) in [5.74, 6) is -2.65. The van der Waals surface area contributed by atoms with Gasteiger partial charge in [-0.05, 0) is 46.8 Å². The summed E-state index contributed by atoms with van der Waals surface area (Å²) in [7, 11) is 0. The summed E-state index contributed by atoms with van der Waals surface area (Å²) in [6.45, 7) is 5.99. The minimum Gasteiger partial charge on any atom is -0.294 e. The van der Waals surface area contributed by atoms with Gasteiger partial charge in [0.15, 0.2) is 28.9 Å². The van der Waals surface area contributed by atoms with Gasteiger partial charge in [0.1, 0.15) is 0 Å². The van der Waals surface area contributed by atoms with Crippen LogP contribution in [0.3, 0.4) is 0 Å². The molecule has 0 fully saturated rings. The highest BCUT2D eigenvalue weighted by atomic mass is 32.1. The highest BCUT2D eigenvalue weighted by molar-refractivity contribution is 7.80. The zero-order chi connectivity index (χ0) is 22.5. The smallest absolute Gasteiger partial charge is 0.161 e. The van der Waals surface area contributed by atoms with E-state index in [-0.39, 0.29) is 32.7 Å². The highest BCUT2D eigenvalue weighted by Crippen LogP contribution is 2.33. The van der Waals surface area contributed by atoms with E-state index in [4.69, 9.17) is 0 Å². The molecule has 2 aromatic carbocycles. The van der Waals surface area contributed by atoms with Crippen LogP contribution >= 0.6 is 25.3 Å². The molecule has 0 saturated heterocycles. The zero-order valence-corrected chi connectivity index (χ0v) is 18.6. The predicted octanol–water partition coefficient (Wildman–Crippen LogP) is 4.96. The minimum atomic E-state index is -0.561. The number of hydrogen-bond acceptors (Lipinski definition) is 7. The number of hydrogen-bond donors (Lipinski definition) is 2. The summed E-state index contributed by atoms with van der Waals surface area (Å²) in [4.78, 5) is 60.7. The molecule has 0 amide bonds. The molecule has 29 heavy (non-hydrogen) atoms. The Kier molecular flexibility index (Phi) is 8.73. The van der Waals surface area contributed by atoms with Crippen LogP contribution in [0, 0.1) is 0 Å². The molecule has 2 rings (SSSR count). The molecular formula is C22H22O5S2. The van der Waals surface area contributed by atoms with Gasteiger partial charge in [-0.2, -0.15) is 0 Å². The van der Waals surface area contributed by atoms with E-state index in [1.807, 2.05) is 30.3 Å². The van der Waals surface area contributed by atoms with Gasteiger partial charge < -0.3 is 0 Å². The second-order valence-corrected chi connectivity index (χ2v) is 7.30. The maximum Gasteiger partial charge on any atom is 0.161 e. The molecule has 152 valence electrons. The highest BCUT2D eigenvalue weighted by Gasteiger charge is 2.31. The molecule has 0 atom stereocenters. The Labute approximate surface area is 180 Å². The lowest BCUT2D eigenvalue weighted by atomic mass is 9.84. The van der Waals surface area contributed by atoms with E-state index >= 15 is 0 Å². The van der Waals surface area contributed by atoms with Gasteiger partial charge in [-0.1, -0.05) is 18.2 Å². The summed E-state index contributed by atoms with van der Waals surface area (Å²) in [5.41, 5.74) is -0.693. The number of carbonyl (C=O) groups is 5. The second-order valence-electron chi connectivity index (χ2n) is 6.34. The van der Waals surface area contributed by atoms with Crippen molar-refractivity contribution < 1.29 is 24.0 Å². The van der Waals surface area contributed by atoms with Crippen molar-refractivity contribution in [2.24, 2.45) is 0 Å². The van der Waals surface area contributed by atoms with E-state index < -0.39 is 28.9 Å². The Morgan fingerprint density at radius 2 is 0.793 bits per heavy atom. The lowest BCUT2D eigenvalue weighted by Gasteiger charge is -2.19. The largest absolute Gasteiger partial charge is 0.294 e. The number of rotatable bonds is 5. The summed E-state index contributed by atoms with van der Waals surface area (Å²) in [5, 5.41) is 0. The van der Waals surface area contributed by atoms with E-state index in [9.17, 15) is 24.0 Å². The van der Waals surface area contributed by atoms with Crippen LogP contribution < -0.4 is 0 Å². The number of benzene rings is 2. The molecule has 0 N–H and O–H groups in total. The Bertz CT molecular complexity index is 955. The van der Waals surface area contributed by atoms with Crippen molar-refractivity contribution in [1.82, 2.24) is 0 Å². The van der Waals surface area contributed by atoms with Crippen molar-refractivity contribution in [3.05, 3.63) is 58.1 Å². The van der Waals surface area contributed by atoms with E-state index in [0.717, 1.165) is 4.90 Å². The van der Waals surface area contributed by atoms with Crippen molar-refractivity contribution in [2.75, 3.05) is 0 Å². The Hall–Kier alpha value is -2.51. The van der Waals surface area contributed by atoms with Gasteiger partial charge in [-0.15, -0.1) is 25.3 Å². The fourth-order valence-electron chi connectivity index (χ4n) is 2.91. The molecule has 0 radical (unpaired) electrons. The number of thiol groups is 2. The van der Waals surface area contributed by atoms with Crippen LogP contribution in [-0.4, -0.2) is 28.9 Å². The van der Waals surface area contributed by atoms with E-state index in [1.165, 1.54) is 34.6 Å². The molecule has 0 aliphatic rings. The molecule has 0 spiro atoms. The molecule has 0 heterocycles. The molecule has 5 nitrogen and oxygen atoms in total. The Balaban J connectivity index is 0.000000502. The topological polar surface area (TPSA) is 85.3 Å². The van der Waals surface area contributed by atoms with Crippen LogP contribution in [0.1, 0.15) is 86.4 Å². The van der Waals surface area contributed by atoms with Crippen LogP contribution in [0.4, 0.5) is 0 Å². The average molecular weight is 431 g/mol. The molecule has 7 heteroatoms. The van der Waals surface area contributed by atoms with Crippen LogP contribution in [-0.2, 0) is 0 Å². The molecule has 0 saturated carbocycles. The Morgan fingerprint density at radius 1 is 0.517 bits per heavy atom. The number of ketones is 5. The quantitative estimate of drug-likeness (QED) is 0.517. The van der Waals surface area contributed by atoms with E-state index in [2.05, 4.69) is 25.3 Å². The molecule has 0 aromatic heterocycles. The Morgan fingerprint density at radius 3 is 1.00 bits per heavy atom. The second kappa shape index (κ2) is 10.3. The molecule has 0 bridgehead atoms. The lowest BCUT2D eigenvalue weighted by Crippen LogP contribution is -2.21. The van der Waals surface area contributed by atoms with Crippen molar-refractivity contribution in [1.29, 1.82) is 0 Å².